The van der Waals surface area contributed by atoms with Gasteiger partial charge >= 0.3 is 6.09 Å². The van der Waals surface area contributed by atoms with Crippen molar-refractivity contribution < 1.29 is 14.6 Å². The van der Waals surface area contributed by atoms with Crippen molar-refractivity contribution in [1.29, 1.82) is 0 Å². The Labute approximate surface area is 121 Å². The predicted molar refractivity (Wildman–Crippen MR) is 77.7 cm³/mol. The zero-order valence-corrected chi connectivity index (χ0v) is 12.4. The van der Waals surface area contributed by atoms with Gasteiger partial charge in [0.1, 0.15) is 6.61 Å². The number of aliphatic hydroxyl groups excluding tert-OH is 1. The number of piperidine rings is 1. The van der Waals surface area contributed by atoms with Crippen molar-refractivity contribution >= 4 is 6.09 Å². The van der Waals surface area contributed by atoms with Crippen molar-refractivity contribution in [2.75, 3.05) is 32.8 Å². The van der Waals surface area contributed by atoms with Gasteiger partial charge in [0.15, 0.2) is 0 Å². The standard InChI is InChI=1S/C15H28N2O3/c18-11-12-20-14(19)16-13-15(7-3-1-4-8-15)17-9-5-2-6-10-17/h18H,1-13H2,(H,16,19). The maximum atomic E-state index is 11.6. The number of likely N-dealkylation sites (tertiary alicyclic amines) is 1. The fourth-order valence-electron chi connectivity index (χ4n) is 3.61. The normalized spacial score (nSPS) is 23.2. The summed E-state index contributed by atoms with van der Waals surface area (Å²) in [6, 6.07) is 0. The van der Waals surface area contributed by atoms with Crippen molar-refractivity contribution in [3.05, 3.63) is 0 Å². The third-order valence-corrected chi connectivity index (χ3v) is 4.70. The summed E-state index contributed by atoms with van der Waals surface area (Å²) in [5, 5.41) is 11.6. The van der Waals surface area contributed by atoms with Gasteiger partial charge in [0.25, 0.3) is 0 Å². The molecule has 20 heavy (non-hydrogen) atoms. The lowest BCUT2D eigenvalue weighted by Gasteiger charge is -2.48. The molecule has 2 rings (SSSR count). The Morgan fingerprint density at radius 1 is 1.10 bits per heavy atom. The van der Waals surface area contributed by atoms with E-state index in [1.165, 1.54) is 51.4 Å². The molecule has 116 valence electrons. The van der Waals surface area contributed by atoms with Crippen molar-refractivity contribution in [3.8, 4) is 0 Å². The molecule has 0 atom stereocenters. The molecule has 0 bridgehead atoms. The summed E-state index contributed by atoms with van der Waals surface area (Å²) in [7, 11) is 0. The predicted octanol–water partition coefficient (Wildman–Crippen LogP) is 1.89. The average Bonchev–Trinajstić information content (AvgIpc) is 2.52. The lowest BCUT2D eigenvalue weighted by molar-refractivity contribution is 0.0316. The van der Waals surface area contributed by atoms with E-state index in [1.54, 1.807) is 0 Å². The van der Waals surface area contributed by atoms with E-state index in [9.17, 15) is 4.79 Å². The maximum Gasteiger partial charge on any atom is 0.407 e. The third-order valence-electron chi connectivity index (χ3n) is 4.70. The molecule has 5 nitrogen and oxygen atoms in total. The quantitative estimate of drug-likeness (QED) is 0.809. The van der Waals surface area contributed by atoms with Crippen LogP contribution in [0.1, 0.15) is 51.4 Å². The van der Waals surface area contributed by atoms with Gasteiger partial charge in [0.05, 0.1) is 6.61 Å². The molecule has 2 fully saturated rings. The number of nitrogens with zero attached hydrogens (tertiary/aromatic N) is 1. The highest BCUT2D eigenvalue weighted by Gasteiger charge is 2.38. The largest absolute Gasteiger partial charge is 0.447 e. The Bertz CT molecular complexity index is 297. The Kier molecular flexibility index (Phi) is 6.10. The van der Waals surface area contributed by atoms with Crippen LogP contribution in [-0.4, -0.2) is 54.5 Å². The number of carbonyl (C=O) groups is 1. The van der Waals surface area contributed by atoms with E-state index in [0.717, 1.165) is 13.1 Å². The van der Waals surface area contributed by atoms with Crippen LogP contribution in [0.2, 0.25) is 0 Å². The summed E-state index contributed by atoms with van der Waals surface area (Å²) in [6.45, 7) is 2.95. The van der Waals surface area contributed by atoms with Gasteiger partial charge in [0, 0.05) is 12.1 Å². The first-order chi connectivity index (χ1) is 9.77. The highest BCUT2D eigenvalue weighted by molar-refractivity contribution is 5.67. The van der Waals surface area contributed by atoms with Gasteiger partial charge < -0.3 is 15.2 Å². The Balaban J connectivity index is 1.90. The van der Waals surface area contributed by atoms with E-state index in [4.69, 9.17) is 9.84 Å². The smallest absolute Gasteiger partial charge is 0.407 e. The fourth-order valence-corrected chi connectivity index (χ4v) is 3.61. The second kappa shape index (κ2) is 7.84. The molecule has 0 aromatic rings. The second-order valence-corrected chi connectivity index (χ2v) is 6.05. The van der Waals surface area contributed by atoms with E-state index in [1.807, 2.05) is 0 Å². The van der Waals surface area contributed by atoms with Gasteiger partial charge in [-0.25, -0.2) is 4.79 Å². The van der Waals surface area contributed by atoms with Gasteiger partial charge in [-0.15, -0.1) is 0 Å². The Hall–Kier alpha value is -0.810. The molecule has 1 saturated heterocycles. The van der Waals surface area contributed by atoms with E-state index in [0.29, 0.717) is 6.54 Å². The fraction of sp³-hybridized carbons (Fsp3) is 0.933. The SMILES string of the molecule is O=C(NCC1(N2CCCCC2)CCCCC1)OCCO. The van der Waals surface area contributed by atoms with E-state index < -0.39 is 6.09 Å². The first-order valence-electron chi connectivity index (χ1n) is 8.03. The molecule has 0 aromatic carbocycles. The highest BCUT2D eigenvalue weighted by atomic mass is 16.6. The van der Waals surface area contributed by atoms with E-state index in [2.05, 4.69) is 10.2 Å². The van der Waals surface area contributed by atoms with Crippen molar-refractivity contribution in [2.45, 2.75) is 56.9 Å². The van der Waals surface area contributed by atoms with Gasteiger partial charge in [-0.3, -0.25) is 4.90 Å². The monoisotopic (exact) mass is 284 g/mol. The Morgan fingerprint density at radius 2 is 1.75 bits per heavy atom. The number of alkyl carbamates (subject to hydrolysis) is 1. The second-order valence-electron chi connectivity index (χ2n) is 6.05. The Morgan fingerprint density at radius 3 is 2.40 bits per heavy atom. The zero-order chi connectivity index (χ0) is 14.3. The van der Waals surface area contributed by atoms with Crippen LogP contribution in [0, 0.1) is 0 Å². The minimum Gasteiger partial charge on any atom is -0.447 e. The number of carbonyl (C=O) groups excluding carboxylic acids is 1. The van der Waals surface area contributed by atoms with Crippen molar-refractivity contribution in [3.63, 3.8) is 0 Å². The summed E-state index contributed by atoms with van der Waals surface area (Å²) >= 11 is 0. The molecule has 1 saturated carbocycles. The van der Waals surface area contributed by atoms with Gasteiger partial charge in [0.2, 0.25) is 0 Å². The van der Waals surface area contributed by atoms with Crippen LogP contribution >= 0.6 is 0 Å². The molecule has 1 aliphatic carbocycles. The molecule has 2 aliphatic rings. The van der Waals surface area contributed by atoms with Gasteiger partial charge in [-0.1, -0.05) is 25.7 Å². The number of hydrogen-bond acceptors (Lipinski definition) is 4. The maximum absolute atomic E-state index is 11.6. The average molecular weight is 284 g/mol. The summed E-state index contributed by atoms with van der Waals surface area (Å²) in [5.41, 5.74) is 0.136. The number of rotatable bonds is 5. The third kappa shape index (κ3) is 4.09. The molecule has 5 heteroatoms. The van der Waals surface area contributed by atoms with Crippen LogP contribution in [-0.2, 0) is 4.74 Å². The minimum absolute atomic E-state index is 0.0720. The topological polar surface area (TPSA) is 61.8 Å². The van der Waals surface area contributed by atoms with Crippen LogP contribution < -0.4 is 5.32 Å². The van der Waals surface area contributed by atoms with Crippen LogP contribution in [0.25, 0.3) is 0 Å². The first kappa shape index (κ1) is 15.6. The lowest BCUT2D eigenvalue weighted by Crippen LogP contribution is -2.58. The van der Waals surface area contributed by atoms with Crippen molar-refractivity contribution in [2.24, 2.45) is 0 Å². The summed E-state index contributed by atoms with van der Waals surface area (Å²) in [6.07, 6.45) is 9.64. The number of ether oxygens (including phenoxy) is 1. The summed E-state index contributed by atoms with van der Waals surface area (Å²) in [5.74, 6) is 0. The molecule has 0 unspecified atom stereocenters. The minimum atomic E-state index is -0.402. The molecule has 0 radical (unpaired) electrons. The van der Waals surface area contributed by atoms with Crippen LogP contribution in [0.5, 0.6) is 0 Å². The van der Waals surface area contributed by atoms with Crippen molar-refractivity contribution in [1.82, 2.24) is 10.2 Å². The number of nitrogens with one attached hydrogen (secondary N) is 1. The summed E-state index contributed by atoms with van der Waals surface area (Å²) < 4.78 is 4.90. The molecular weight excluding hydrogens is 256 g/mol. The van der Waals surface area contributed by atoms with Gasteiger partial charge in [-0.05, 0) is 38.8 Å². The molecule has 1 heterocycles. The lowest BCUT2D eigenvalue weighted by atomic mass is 9.79. The molecule has 0 spiro atoms. The zero-order valence-electron chi connectivity index (χ0n) is 12.4. The number of amides is 1. The molecule has 2 N–H and O–H groups in total. The van der Waals surface area contributed by atoms with E-state index >= 15 is 0 Å². The molecule has 0 aromatic heterocycles. The molecule has 1 aliphatic heterocycles. The molecule has 1 amide bonds. The van der Waals surface area contributed by atoms with E-state index in [-0.39, 0.29) is 18.8 Å². The highest BCUT2D eigenvalue weighted by Crippen LogP contribution is 2.35. The number of hydrogen-bond donors (Lipinski definition) is 2. The molecular formula is C15H28N2O3. The van der Waals surface area contributed by atoms with Crippen LogP contribution in [0.15, 0.2) is 0 Å². The number of aliphatic hydroxyl groups is 1. The first-order valence-corrected chi connectivity index (χ1v) is 8.03. The van der Waals surface area contributed by atoms with Gasteiger partial charge in [-0.2, -0.15) is 0 Å². The van der Waals surface area contributed by atoms with Crippen LogP contribution in [0.4, 0.5) is 4.79 Å². The summed E-state index contributed by atoms with van der Waals surface area (Å²) in [4.78, 5) is 14.2. The van der Waals surface area contributed by atoms with Crippen LogP contribution in [0.3, 0.4) is 0 Å².